The molecular weight excluding hydrogens is 214 g/mol. The van der Waals surface area contributed by atoms with E-state index in [9.17, 15) is 4.79 Å². The average Bonchev–Trinajstić information content (AvgIpc) is 2.22. The first-order chi connectivity index (χ1) is 7.24. The second kappa shape index (κ2) is 6.56. The van der Waals surface area contributed by atoms with Gasteiger partial charge in [-0.15, -0.1) is 0 Å². The third kappa shape index (κ3) is 4.42. The lowest BCUT2D eigenvalue weighted by atomic mass is 10.1. The first-order valence-electron chi connectivity index (χ1n) is 4.77. The summed E-state index contributed by atoms with van der Waals surface area (Å²) in [7, 11) is 0. The summed E-state index contributed by atoms with van der Waals surface area (Å²) in [6.07, 6.45) is 0.310. The molecule has 3 nitrogen and oxygen atoms in total. The van der Waals surface area contributed by atoms with E-state index in [2.05, 4.69) is 0 Å². The van der Waals surface area contributed by atoms with Crippen LogP contribution in [0.4, 0.5) is 0 Å². The molecule has 0 atom stereocenters. The zero-order valence-electron chi connectivity index (χ0n) is 8.41. The number of benzene rings is 1. The minimum atomic E-state index is 0.0107. The van der Waals surface area contributed by atoms with Crippen molar-refractivity contribution >= 4 is 17.4 Å². The molecule has 0 radical (unpaired) electrons. The number of ether oxygens (including phenoxy) is 1. The van der Waals surface area contributed by atoms with Gasteiger partial charge >= 0.3 is 0 Å². The molecule has 0 aromatic heterocycles. The van der Waals surface area contributed by atoms with Crippen LogP contribution in [-0.2, 0) is 16.0 Å². The highest BCUT2D eigenvalue weighted by molar-refractivity contribution is 6.31. The maximum Gasteiger partial charge on any atom is 0.162 e. The number of carbonyl (C=O) groups is 1. The summed E-state index contributed by atoms with van der Waals surface area (Å²) in [5, 5.41) is 0.615. The second-order valence-corrected chi connectivity index (χ2v) is 3.56. The summed E-state index contributed by atoms with van der Waals surface area (Å²) < 4.78 is 5.04. The SMILES string of the molecule is NCCOCC(=O)Cc1ccccc1Cl. The highest BCUT2D eigenvalue weighted by Crippen LogP contribution is 2.15. The molecule has 1 aromatic rings. The zero-order valence-corrected chi connectivity index (χ0v) is 9.17. The van der Waals surface area contributed by atoms with Gasteiger partial charge in [-0.2, -0.15) is 0 Å². The van der Waals surface area contributed by atoms with E-state index in [0.29, 0.717) is 24.6 Å². The van der Waals surface area contributed by atoms with Crippen molar-refractivity contribution in [2.24, 2.45) is 5.73 Å². The lowest BCUT2D eigenvalue weighted by Gasteiger charge is -2.03. The van der Waals surface area contributed by atoms with Crippen molar-refractivity contribution in [2.45, 2.75) is 6.42 Å². The van der Waals surface area contributed by atoms with Crippen molar-refractivity contribution in [1.82, 2.24) is 0 Å². The largest absolute Gasteiger partial charge is 0.372 e. The molecule has 1 aromatic carbocycles. The van der Waals surface area contributed by atoms with Crippen molar-refractivity contribution in [2.75, 3.05) is 19.8 Å². The molecule has 4 heteroatoms. The number of halogens is 1. The highest BCUT2D eigenvalue weighted by Gasteiger charge is 2.06. The lowest BCUT2D eigenvalue weighted by Crippen LogP contribution is -2.16. The van der Waals surface area contributed by atoms with Gasteiger partial charge < -0.3 is 10.5 Å². The van der Waals surface area contributed by atoms with Crippen LogP contribution >= 0.6 is 11.6 Å². The molecule has 0 saturated carbocycles. The Kier molecular flexibility index (Phi) is 5.32. The fourth-order valence-corrected chi connectivity index (χ4v) is 1.38. The molecule has 0 aliphatic carbocycles. The maximum absolute atomic E-state index is 11.4. The Morgan fingerprint density at radius 2 is 2.13 bits per heavy atom. The van der Waals surface area contributed by atoms with E-state index in [1.54, 1.807) is 6.07 Å². The van der Waals surface area contributed by atoms with Gasteiger partial charge in [-0.05, 0) is 11.6 Å². The van der Waals surface area contributed by atoms with Crippen LogP contribution in [0.15, 0.2) is 24.3 Å². The molecule has 82 valence electrons. The van der Waals surface area contributed by atoms with Gasteiger partial charge in [0, 0.05) is 18.0 Å². The van der Waals surface area contributed by atoms with E-state index in [-0.39, 0.29) is 12.4 Å². The predicted molar refractivity (Wildman–Crippen MR) is 60.0 cm³/mol. The van der Waals surface area contributed by atoms with Gasteiger partial charge in [0.05, 0.1) is 6.61 Å². The quantitative estimate of drug-likeness (QED) is 0.748. The molecule has 0 aliphatic rings. The number of carbonyl (C=O) groups excluding carboxylic acids is 1. The van der Waals surface area contributed by atoms with E-state index < -0.39 is 0 Å². The normalized spacial score (nSPS) is 10.3. The number of Topliss-reactive ketones (excluding diaryl/α,β-unsaturated/α-hetero) is 1. The summed E-state index contributed by atoms with van der Waals surface area (Å²) in [5.41, 5.74) is 6.07. The lowest BCUT2D eigenvalue weighted by molar-refractivity contribution is -0.122. The molecule has 1 rings (SSSR count). The summed E-state index contributed by atoms with van der Waals surface area (Å²) in [5.74, 6) is 0.0107. The number of hydrogen-bond donors (Lipinski definition) is 1. The van der Waals surface area contributed by atoms with Crippen LogP contribution in [0.5, 0.6) is 0 Å². The highest BCUT2D eigenvalue weighted by atomic mass is 35.5. The van der Waals surface area contributed by atoms with Crippen LogP contribution in [0.3, 0.4) is 0 Å². The van der Waals surface area contributed by atoms with Crippen LogP contribution in [0.1, 0.15) is 5.56 Å². The van der Waals surface area contributed by atoms with Gasteiger partial charge in [0.2, 0.25) is 0 Å². The van der Waals surface area contributed by atoms with Crippen molar-refractivity contribution in [3.8, 4) is 0 Å². The van der Waals surface area contributed by atoms with Crippen molar-refractivity contribution < 1.29 is 9.53 Å². The monoisotopic (exact) mass is 227 g/mol. The average molecular weight is 228 g/mol. The van der Waals surface area contributed by atoms with Crippen LogP contribution in [0.2, 0.25) is 5.02 Å². The maximum atomic E-state index is 11.4. The number of hydrogen-bond acceptors (Lipinski definition) is 3. The summed E-state index contributed by atoms with van der Waals surface area (Å²) in [6, 6.07) is 7.30. The second-order valence-electron chi connectivity index (χ2n) is 3.15. The number of ketones is 1. The minimum absolute atomic E-state index is 0.0107. The molecule has 0 amide bonds. The van der Waals surface area contributed by atoms with Crippen LogP contribution in [0, 0.1) is 0 Å². The molecule has 15 heavy (non-hydrogen) atoms. The van der Waals surface area contributed by atoms with Gasteiger partial charge in [0.25, 0.3) is 0 Å². The molecule has 0 fully saturated rings. The molecule has 0 heterocycles. The topological polar surface area (TPSA) is 52.3 Å². The Morgan fingerprint density at radius 3 is 2.80 bits per heavy atom. The van der Waals surface area contributed by atoms with Gasteiger partial charge in [0.15, 0.2) is 5.78 Å². The van der Waals surface area contributed by atoms with Gasteiger partial charge in [-0.3, -0.25) is 4.79 Å². The standard InChI is InChI=1S/C11H14ClNO2/c12-11-4-2-1-3-9(11)7-10(14)8-15-6-5-13/h1-4H,5-8,13H2. The summed E-state index contributed by atoms with van der Waals surface area (Å²) in [4.78, 5) is 11.4. The fraction of sp³-hybridized carbons (Fsp3) is 0.364. The number of rotatable bonds is 6. The third-order valence-corrected chi connectivity index (χ3v) is 2.24. The minimum Gasteiger partial charge on any atom is -0.372 e. The van der Waals surface area contributed by atoms with Gasteiger partial charge in [0.1, 0.15) is 6.61 Å². The number of nitrogens with two attached hydrogens (primary N) is 1. The Balaban J connectivity index is 2.41. The van der Waals surface area contributed by atoms with E-state index in [1.165, 1.54) is 0 Å². The molecular formula is C11H14ClNO2. The molecule has 0 saturated heterocycles. The van der Waals surface area contributed by atoms with E-state index in [1.807, 2.05) is 18.2 Å². The Labute approximate surface area is 94.2 Å². The van der Waals surface area contributed by atoms with Crippen LogP contribution < -0.4 is 5.73 Å². The zero-order chi connectivity index (χ0) is 11.1. The van der Waals surface area contributed by atoms with Crippen LogP contribution in [0.25, 0.3) is 0 Å². The predicted octanol–water partition coefficient (Wildman–Crippen LogP) is 1.43. The van der Waals surface area contributed by atoms with Crippen molar-refractivity contribution in [3.05, 3.63) is 34.9 Å². The van der Waals surface area contributed by atoms with Gasteiger partial charge in [-0.25, -0.2) is 0 Å². The van der Waals surface area contributed by atoms with Gasteiger partial charge in [-0.1, -0.05) is 29.8 Å². The van der Waals surface area contributed by atoms with E-state index >= 15 is 0 Å². The Bertz CT molecular complexity index is 328. The smallest absolute Gasteiger partial charge is 0.162 e. The van der Waals surface area contributed by atoms with E-state index in [0.717, 1.165) is 5.56 Å². The molecule has 0 unspecified atom stereocenters. The summed E-state index contributed by atoms with van der Waals surface area (Å²) in [6.45, 7) is 0.941. The van der Waals surface area contributed by atoms with Crippen molar-refractivity contribution in [1.29, 1.82) is 0 Å². The summed E-state index contributed by atoms with van der Waals surface area (Å²) >= 11 is 5.92. The Hall–Kier alpha value is -0.900. The first-order valence-corrected chi connectivity index (χ1v) is 5.14. The molecule has 0 bridgehead atoms. The Morgan fingerprint density at radius 1 is 1.40 bits per heavy atom. The molecule has 0 aliphatic heterocycles. The molecule has 2 N–H and O–H groups in total. The van der Waals surface area contributed by atoms with E-state index in [4.69, 9.17) is 22.1 Å². The third-order valence-electron chi connectivity index (χ3n) is 1.87. The van der Waals surface area contributed by atoms with Crippen molar-refractivity contribution in [3.63, 3.8) is 0 Å². The molecule has 0 spiro atoms. The van der Waals surface area contributed by atoms with Crippen LogP contribution in [-0.4, -0.2) is 25.5 Å². The first kappa shape index (κ1) is 12.2. The fourth-order valence-electron chi connectivity index (χ4n) is 1.17.